The Balaban J connectivity index is 1.84. The molecule has 2 heteroatoms. The summed E-state index contributed by atoms with van der Waals surface area (Å²) < 4.78 is 13.4. The third kappa shape index (κ3) is 2.04. The number of halogens is 1. The van der Waals surface area contributed by atoms with Crippen LogP contribution in [0.5, 0.6) is 0 Å². The lowest BCUT2D eigenvalue weighted by atomic mass is 10.1. The van der Waals surface area contributed by atoms with Crippen LogP contribution in [0, 0.1) is 0 Å². The maximum atomic E-state index is 13.4. The summed E-state index contributed by atoms with van der Waals surface area (Å²) in [5.41, 5.74) is 3.71. The van der Waals surface area contributed by atoms with E-state index in [1.165, 1.54) is 11.1 Å². The molecule has 0 saturated carbocycles. The van der Waals surface area contributed by atoms with E-state index in [0.717, 1.165) is 18.7 Å². The van der Waals surface area contributed by atoms with Crippen LogP contribution in [-0.2, 0) is 13.1 Å². The molecule has 2 aromatic carbocycles. The van der Waals surface area contributed by atoms with Gasteiger partial charge in [-0.3, -0.25) is 4.90 Å². The van der Waals surface area contributed by atoms with E-state index in [0.29, 0.717) is 0 Å². The highest BCUT2D eigenvalue weighted by molar-refractivity contribution is 5.31. The molecule has 0 bridgehead atoms. The van der Waals surface area contributed by atoms with Gasteiger partial charge >= 0.3 is 0 Å². The van der Waals surface area contributed by atoms with Gasteiger partial charge in [0.2, 0.25) is 0 Å². The second-order valence-corrected chi connectivity index (χ2v) is 4.75. The molecule has 1 atom stereocenters. The summed E-state index contributed by atoms with van der Waals surface area (Å²) in [6, 6.07) is 18.2. The van der Waals surface area contributed by atoms with Crippen molar-refractivity contribution in [2.75, 3.05) is 6.67 Å². The predicted molar refractivity (Wildman–Crippen MR) is 70.8 cm³/mol. The highest BCUT2D eigenvalue weighted by Crippen LogP contribution is 2.31. The third-order valence-corrected chi connectivity index (χ3v) is 3.64. The number of alkyl halides is 1. The average molecular weight is 241 g/mol. The minimum Gasteiger partial charge on any atom is -0.285 e. The fourth-order valence-corrected chi connectivity index (χ4v) is 2.65. The van der Waals surface area contributed by atoms with Gasteiger partial charge in [-0.05, 0) is 16.7 Å². The molecule has 0 spiro atoms. The van der Waals surface area contributed by atoms with Crippen molar-refractivity contribution in [2.45, 2.75) is 19.1 Å². The van der Waals surface area contributed by atoms with Crippen LogP contribution in [0.4, 0.5) is 4.39 Å². The zero-order valence-corrected chi connectivity index (χ0v) is 10.2. The number of benzene rings is 2. The van der Waals surface area contributed by atoms with E-state index in [1.54, 1.807) is 0 Å². The van der Waals surface area contributed by atoms with E-state index in [9.17, 15) is 4.39 Å². The first-order valence-corrected chi connectivity index (χ1v) is 6.30. The number of fused-ring (bicyclic) bond motifs is 1. The van der Waals surface area contributed by atoms with Crippen LogP contribution >= 0.6 is 0 Å². The molecular weight excluding hydrogens is 225 g/mol. The van der Waals surface area contributed by atoms with E-state index in [4.69, 9.17) is 0 Å². The number of hydrogen-bond donors (Lipinski definition) is 0. The van der Waals surface area contributed by atoms with Gasteiger partial charge in [-0.15, -0.1) is 0 Å². The third-order valence-electron chi connectivity index (χ3n) is 3.64. The maximum absolute atomic E-state index is 13.4. The monoisotopic (exact) mass is 241 g/mol. The lowest BCUT2D eigenvalue weighted by Crippen LogP contribution is -2.24. The standard InChI is InChI=1S/C16H16FN/c17-10-16(13-6-2-1-3-7-13)18-11-14-8-4-5-9-15(14)12-18/h1-9,16H,10-12H2/t16-/m1/s1. The molecule has 92 valence electrons. The molecule has 2 aromatic rings. The quantitative estimate of drug-likeness (QED) is 0.791. The van der Waals surface area contributed by atoms with E-state index < -0.39 is 0 Å². The van der Waals surface area contributed by atoms with Crippen molar-refractivity contribution in [3.8, 4) is 0 Å². The summed E-state index contributed by atoms with van der Waals surface area (Å²) in [6.45, 7) is 1.36. The normalized spacial score (nSPS) is 16.5. The average Bonchev–Trinajstić information content (AvgIpc) is 2.84. The summed E-state index contributed by atoms with van der Waals surface area (Å²) in [7, 11) is 0. The summed E-state index contributed by atoms with van der Waals surface area (Å²) in [4.78, 5) is 2.21. The van der Waals surface area contributed by atoms with Crippen LogP contribution in [0.25, 0.3) is 0 Å². The minimum atomic E-state index is -0.335. The van der Waals surface area contributed by atoms with Gasteiger partial charge in [-0.2, -0.15) is 0 Å². The molecule has 1 heterocycles. The molecule has 1 aliphatic rings. The molecule has 1 aliphatic heterocycles. The van der Waals surface area contributed by atoms with E-state index in [-0.39, 0.29) is 12.7 Å². The van der Waals surface area contributed by atoms with Gasteiger partial charge in [0.15, 0.2) is 0 Å². The van der Waals surface area contributed by atoms with Crippen molar-refractivity contribution in [1.82, 2.24) is 4.90 Å². The molecule has 3 rings (SSSR count). The van der Waals surface area contributed by atoms with Gasteiger partial charge in [-0.25, -0.2) is 4.39 Å². The van der Waals surface area contributed by atoms with Crippen LogP contribution in [0.15, 0.2) is 54.6 Å². The van der Waals surface area contributed by atoms with Gasteiger partial charge < -0.3 is 0 Å². The molecule has 1 nitrogen and oxygen atoms in total. The summed E-state index contributed by atoms with van der Waals surface area (Å²) in [5.74, 6) is 0. The van der Waals surface area contributed by atoms with Gasteiger partial charge in [0, 0.05) is 13.1 Å². The minimum absolute atomic E-state index is 0.126. The molecular formula is C16H16FN. The van der Waals surface area contributed by atoms with Crippen LogP contribution in [0.1, 0.15) is 22.7 Å². The van der Waals surface area contributed by atoms with Gasteiger partial charge in [0.05, 0.1) is 6.04 Å². The number of rotatable bonds is 3. The van der Waals surface area contributed by atoms with Crippen molar-refractivity contribution in [3.63, 3.8) is 0 Å². The molecule has 0 saturated heterocycles. The Hall–Kier alpha value is -1.67. The fraction of sp³-hybridized carbons (Fsp3) is 0.250. The topological polar surface area (TPSA) is 3.24 Å². The van der Waals surface area contributed by atoms with Crippen molar-refractivity contribution < 1.29 is 4.39 Å². The zero-order valence-electron chi connectivity index (χ0n) is 10.2. The zero-order chi connectivity index (χ0) is 12.4. The second kappa shape index (κ2) is 4.91. The van der Waals surface area contributed by atoms with E-state index >= 15 is 0 Å². The van der Waals surface area contributed by atoms with E-state index in [2.05, 4.69) is 29.2 Å². The molecule has 18 heavy (non-hydrogen) atoms. The Kier molecular flexibility index (Phi) is 3.11. The predicted octanol–water partition coefficient (Wildman–Crippen LogP) is 3.71. The molecule has 0 N–H and O–H groups in total. The number of hydrogen-bond acceptors (Lipinski definition) is 1. The highest BCUT2D eigenvalue weighted by Gasteiger charge is 2.26. The first-order valence-electron chi connectivity index (χ1n) is 6.30. The van der Waals surface area contributed by atoms with Crippen LogP contribution in [-0.4, -0.2) is 11.6 Å². The maximum Gasteiger partial charge on any atom is 0.109 e. The van der Waals surface area contributed by atoms with E-state index in [1.807, 2.05) is 30.3 Å². The Bertz CT molecular complexity index is 499. The molecule has 0 unspecified atom stereocenters. The molecule has 0 aliphatic carbocycles. The van der Waals surface area contributed by atoms with Gasteiger partial charge in [-0.1, -0.05) is 54.6 Å². The van der Waals surface area contributed by atoms with Crippen molar-refractivity contribution in [2.24, 2.45) is 0 Å². The smallest absolute Gasteiger partial charge is 0.109 e. The van der Waals surface area contributed by atoms with Gasteiger partial charge in [0.25, 0.3) is 0 Å². The van der Waals surface area contributed by atoms with Crippen molar-refractivity contribution in [1.29, 1.82) is 0 Å². The largest absolute Gasteiger partial charge is 0.285 e. The van der Waals surface area contributed by atoms with Crippen LogP contribution in [0.2, 0.25) is 0 Å². The summed E-state index contributed by atoms with van der Waals surface area (Å²) >= 11 is 0. The number of nitrogens with zero attached hydrogens (tertiary/aromatic N) is 1. The molecule has 0 amide bonds. The molecule has 0 radical (unpaired) electrons. The summed E-state index contributed by atoms with van der Waals surface area (Å²) in [6.07, 6.45) is 0. The summed E-state index contributed by atoms with van der Waals surface area (Å²) in [5, 5.41) is 0. The Morgan fingerprint density at radius 1 is 0.889 bits per heavy atom. The van der Waals surface area contributed by atoms with Crippen LogP contribution < -0.4 is 0 Å². The lowest BCUT2D eigenvalue weighted by Gasteiger charge is -2.25. The Labute approximate surface area is 107 Å². The van der Waals surface area contributed by atoms with Crippen molar-refractivity contribution in [3.05, 3.63) is 71.3 Å². The first kappa shape index (κ1) is 11.4. The van der Waals surface area contributed by atoms with Crippen molar-refractivity contribution >= 4 is 0 Å². The highest BCUT2D eigenvalue weighted by atomic mass is 19.1. The fourth-order valence-electron chi connectivity index (χ4n) is 2.65. The Morgan fingerprint density at radius 2 is 1.44 bits per heavy atom. The second-order valence-electron chi connectivity index (χ2n) is 4.75. The van der Waals surface area contributed by atoms with Gasteiger partial charge in [0.1, 0.15) is 6.67 Å². The molecule has 0 fully saturated rings. The lowest BCUT2D eigenvalue weighted by molar-refractivity contribution is 0.167. The molecule has 0 aromatic heterocycles. The first-order chi connectivity index (χ1) is 8.88. The van der Waals surface area contributed by atoms with Crippen LogP contribution in [0.3, 0.4) is 0 Å². The SMILES string of the molecule is FC[C@H](c1ccccc1)N1Cc2ccccc2C1. The Morgan fingerprint density at radius 3 is 2.00 bits per heavy atom.